The van der Waals surface area contributed by atoms with E-state index in [4.69, 9.17) is 4.74 Å². The number of carbonyl (C=O) groups is 2. The third kappa shape index (κ3) is 4.05. The summed E-state index contributed by atoms with van der Waals surface area (Å²) < 4.78 is 19.4. The van der Waals surface area contributed by atoms with Gasteiger partial charge in [-0.05, 0) is 43.3 Å². The van der Waals surface area contributed by atoms with Gasteiger partial charge in [-0.1, -0.05) is 31.2 Å². The van der Waals surface area contributed by atoms with E-state index in [2.05, 4.69) is 4.90 Å². The zero-order chi connectivity index (χ0) is 22.0. The zero-order valence-corrected chi connectivity index (χ0v) is 17.8. The molecule has 0 unspecified atom stereocenters. The Morgan fingerprint density at radius 3 is 2.29 bits per heavy atom. The molecule has 0 spiro atoms. The van der Waals surface area contributed by atoms with Crippen molar-refractivity contribution in [3.63, 3.8) is 0 Å². The van der Waals surface area contributed by atoms with Crippen LogP contribution in [-0.2, 0) is 9.59 Å². The highest BCUT2D eigenvalue weighted by molar-refractivity contribution is 6.45. The largest absolute Gasteiger partial charge is 0.491 e. The number of likely N-dealkylation sites (N-methyl/N-ethyl adjacent to an activating group) is 1. The number of nitrogens with zero attached hydrogens (tertiary/aromatic N) is 3. The van der Waals surface area contributed by atoms with Crippen LogP contribution in [0, 0.1) is 5.82 Å². The molecular formula is C24H26FN3O3. The SMILES string of the molecule is CCCOc1ccccc1N1C(=O)C(c2ccc(F)cc2)=C(N2CCN(C)CC2)C1=O. The number of hydrogen-bond acceptors (Lipinski definition) is 5. The van der Waals surface area contributed by atoms with Gasteiger partial charge in [-0.3, -0.25) is 9.59 Å². The minimum Gasteiger partial charge on any atom is -0.491 e. The predicted molar refractivity (Wildman–Crippen MR) is 117 cm³/mol. The summed E-state index contributed by atoms with van der Waals surface area (Å²) in [6, 6.07) is 12.8. The fourth-order valence-electron chi connectivity index (χ4n) is 3.91. The minimum atomic E-state index is -0.418. The molecule has 31 heavy (non-hydrogen) atoms. The highest BCUT2D eigenvalue weighted by Crippen LogP contribution is 2.38. The number of imide groups is 1. The maximum absolute atomic E-state index is 13.6. The molecule has 0 N–H and O–H groups in total. The third-order valence-corrected chi connectivity index (χ3v) is 5.58. The maximum atomic E-state index is 13.6. The summed E-state index contributed by atoms with van der Waals surface area (Å²) in [5, 5.41) is 0. The Morgan fingerprint density at radius 2 is 1.61 bits per heavy atom. The molecule has 4 rings (SSSR count). The first kappa shape index (κ1) is 21.1. The minimum absolute atomic E-state index is 0.305. The number of piperazine rings is 1. The number of rotatable bonds is 6. The third-order valence-electron chi connectivity index (χ3n) is 5.58. The lowest BCUT2D eigenvalue weighted by molar-refractivity contribution is -0.120. The number of halogens is 1. The topological polar surface area (TPSA) is 53.1 Å². The molecule has 0 bridgehead atoms. The van der Waals surface area contributed by atoms with E-state index in [0.29, 0.717) is 48.0 Å². The van der Waals surface area contributed by atoms with Gasteiger partial charge in [0.2, 0.25) is 0 Å². The molecule has 0 aromatic heterocycles. The van der Waals surface area contributed by atoms with E-state index in [1.165, 1.54) is 17.0 Å². The van der Waals surface area contributed by atoms with Crippen LogP contribution in [0.1, 0.15) is 18.9 Å². The number of anilines is 1. The maximum Gasteiger partial charge on any atom is 0.282 e. The van der Waals surface area contributed by atoms with Gasteiger partial charge >= 0.3 is 0 Å². The van der Waals surface area contributed by atoms with Crippen LogP contribution in [0.2, 0.25) is 0 Å². The van der Waals surface area contributed by atoms with Crippen LogP contribution >= 0.6 is 0 Å². The Balaban J connectivity index is 1.79. The number of para-hydroxylation sites is 2. The van der Waals surface area contributed by atoms with E-state index in [9.17, 15) is 14.0 Å². The molecule has 7 heteroatoms. The first-order chi connectivity index (χ1) is 15.0. The van der Waals surface area contributed by atoms with Crippen LogP contribution in [0.4, 0.5) is 10.1 Å². The Labute approximate surface area is 181 Å². The quantitative estimate of drug-likeness (QED) is 0.669. The van der Waals surface area contributed by atoms with Crippen molar-refractivity contribution in [1.29, 1.82) is 0 Å². The summed E-state index contributed by atoms with van der Waals surface area (Å²) in [6.07, 6.45) is 0.807. The summed E-state index contributed by atoms with van der Waals surface area (Å²) in [5.41, 5.74) is 1.63. The Morgan fingerprint density at radius 1 is 0.935 bits per heavy atom. The lowest BCUT2D eigenvalue weighted by atomic mass is 10.0. The van der Waals surface area contributed by atoms with Gasteiger partial charge in [0.1, 0.15) is 17.3 Å². The highest BCUT2D eigenvalue weighted by Gasteiger charge is 2.43. The zero-order valence-electron chi connectivity index (χ0n) is 17.8. The van der Waals surface area contributed by atoms with Gasteiger partial charge in [0, 0.05) is 26.2 Å². The van der Waals surface area contributed by atoms with E-state index >= 15 is 0 Å². The number of benzene rings is 2. The van der Waals surface area contributed by atoms with Crippen molar-refractivity contribution in [1.82, 2.24) is 9.80 Å². The first-order valence-corrected chi connectivity index (χ1v) is 10.6. The molecule has 0 aliphatic carbocycles. The normalized spacial score (nSPS) is 17.6. The number of ether oxygens (including phenoxy) is 1. The molecule has 2 aromatic carbocycles. The van der Waals surface area contributed by atoms with Crippen molar-refractivity contribution >= 4 is 23.1 Å². The smallest absolute Gasteiger partial charge is 0.282 e. The molecule has 0 atom stereocenters. The number of amides is 2. The Bertz CT molecular complexity index is 1010. The van der Waals surface area contributed by atoms with Crippen LogP contribution in [0.3, 0.4) is 0 Å². The molecule has 2 amide bonds. The highest BCUT2D eigenvalue weighted by atomic mass is 19.1. The molecule has 2 aromatic rings. The van der Waals surface area contributed by atoms with Gasteiger partial charge in [0.25, 0.3) is 11.8 Å². The van der Waals surface area contributed by atoms with Gasteiger partial charge in [0.15, 0.2) is 0 Å². The van der Waals surface area contributed by atoms with Crippen molar-refractivity contribution < 1.29 is 18.7 Å². The average Bonchev–Trinajstić information content (AvgIpc) is 3.03. The van der Waals surface area contributed by atoms with Gasteiger partial charge in [-0.15, -0.1) is 0 Å². The van der Waals surface area contributed by atoms with Crippen molar-refractivity contribution in [2.75, 3.05) is 44.7 Å². The summed E-state index contributed by atoms with van der Waals surface area (Å²) in [7, 11) is 2.03. The van der Waals surface area contributed by atoms with Crippen LogP contribution in [-0.4, -0.2) is 61.4 Å². The van der Waals surface area contributed by atoms with Crippen molar-refractivity contribution in [3.8, 4) is 5.75 Å². The monoisotopic (exact) mass is 423 g/mol. The summed E-state index contributed by atoms with van der Waals surface area (Å²) in [4.78, 5) is 32.6. The molecule has 1 saturated heterocycles. The van der Waals surface area contributed by atoms with E-state index in [0.717, 1.165) is 19.5 Å². The van der Waals surface area contributed by atoms with Crippen molar-refractivity contribution in [3.05, 3.63) is 65.6 Å². The van der Waals surface area contributed by atoms with Crippen LogP contribution in [0.25, 0.3) is 5.57 Å². The van der Waals surface area contributed by atoms with E-state index in [1.54, 1.807) is 30.3 Å². The second-order valence-electron chi connectivity index (χ2n) is 7.78. The van der Waals surface area contributed by atoms with Crippen molar-refractivity contribution in [2.45, 2.75) is 13.3 Å². The van der Waals surface area contributed by atoms with Crippen LogP contribution < -0.4 is 9.64 Å². The molecule has 0 radical (unpaired) electrons. The average molecular weight is 423 g/mol. The Hall–Kier alpha value is -3.19. The van der Waals surface area contributed by atoms with E-state index < -0.39 is 11.7 Å². The first-order valence-electron chi connectivity index (χ1n) is 10.6. The van der Waals surface area contributed by atoms with E-state index in [-0.39, 0.29) is 5.91 Å². The van der Waals surface area contributed by atoms with Gasteiger partial charge < -0.3 is 14.5 Å². The molecule has 1 fully saturated rings. The van der Waals surface area contributed by atoms with Crippen LogP contribution in [0.15, 0.2) is 54.2 Å². The van der Waals surface area contributed by atoms with Gasteiger partial charge in [0.05, 0.1) is 17.9 Å². The summed E-state index contributed by atoms with van der Waals surface area (Å²) in [6.45, 7) is 5.33. The molecule has 6 nitrogen and oxygen atoms in total. The van der Waals surface area contributed by atoms with Crippen LogP contribution in [0.5, 0.6) is 5.75 Å². The molecule has 2 aliphatic heterocycles. The Kier molecular flexibility index (Phi) is 6.04. The summed E-state index contributed by atoms with van der Waals surface area (Å²) >= 11 is 0. The molecule has 162 valence electrons. The molecule has 2 heterocycles. The van der Waals surface area contributed by atoms with E-state index in [1.807, 2.05) is 24.9 Å². The fourth-order valence-corrected chi connectivity index (χ4v) is 3.91. The van der Waals surface area contributed by atoms with Gasteiger partial charge in [-0.2, -0.15) is 0 Å². The second-order valence-corrected chi connectivity index (χ2v) is 7.78. The van der Waals surface area contributed by atoms with Gasteiger partial charge in [-0.25, -0.2) is 9.29 Å². The fraction of sp³-hybridized carbons (Fsp3) is 0.333. The van der Waals surface area contributed by atoms with Crippen molar-refractivity contribution in [2.24, 2.45) is 0 Å². The molecule has 0 saturated carbocycles. The lowest BCUT2D eigenvalue weighted by Gasteiger charge is -2.34. The predicted octanol–water partition coefficient (Wildman–Crippen LogP) is 3.15. The number of carbonyl (C=O) groups excluding carboxylic acids is 2. The molecule has 2 aliphatic rings. The molecular weight excluding hydrogens is 397 g/mol. The lowest BCUT2D eigenvalue weighted by Crippen LogP contribution is -2.46. The number of hydrogen-bond donors (Lipinski definition) is 0. The summed E-state index contributed by atoms with van der Waals surface area (Å²) in [5.74, 6) is -0.693. The standard InChI is InChI=1S/C24H26FN3O3/c1-3-16-31-20-7-5-4-6-19(20)28-23(29)21(17-8-10-18(25)11-9-17)22(24(28)30)27-14-12-26(2)13-15-27/h4-11H,3,12-16H2,1-2H3. The second kappa shape index (κ2) is 8.89.